The minimum Gasteiger partial charge on any atom is -0.328 e. The van der Waals surface area contributed by atoms with E-state index in [2.05, 4.69) is 0 Å². The molecule has 2 aromatic rings. The third kappa shape index (κ3) is 2.42. The summed E-state index contributed by atoms with van der Waals surface area (Å²) in [5, 5.41) is 0.640. The normalized spacial score (nSPS) is 25.1. The minimum absolute atomic E-state index is 0.0232. The predicted octanol–water partition coefficient (Wildman–Crippen LogP) is 3.92. The molecular formula is C22H20ClFN2O2. The van der Waals surface area contributed by atoms with Crippen molar-refractivity contribution in [2.45, 2.75) is 43.2 Å². The lowest BCUT2D eigenvalue weighted by Gasteiger charge is -2.45. The standard InChI is InChI=1S/C22H20ClFN2O2/c23-15-8-6-14(7-9-15)22(10-3-11-22)21(28)25-13-16-12-19(25)20(27)26(16)18-5-2-1-4-17(18)24/h1-2,4-9,16,19H,3,10-13H2/t16-,19-/m0/s1. The van der Waals surface area contributed by atoms with E-state index in [9.17, 15) is 14.0 Å². The van der Waals surface area contributed by atoms with Crippen LogP contribution in [0.4, 0.5) is 10.1 Å². The van der Waals surface area contributed by atoms with E-state index >= 15 is 0 Å². The van der Waals surface area contributed by atoms with Gasteiger partial charge in [-0.05, 0) is 49.1 Å². The Balaban J connectivity index is 1.42. The Labute approximate surface area is 167 Å². The van der Waals surface area contributed by atoms with Crippen molar-refractivity contribution in [3.63, 3.8) is 0 Å². The molecule has 2 aliphatic heterocycles. The monoisotopic (exact) mass is 398 g/mol. The summed E-state index contributed by atoms with van der Waals surface area (Å²) >= 11 is 6.01. The molecular weight excluding hydrogens is 379 g/mol. The average Bonchev–Trinajstić information content (AvgIpc) is 3.21. The molecule has 0 aromatic heterocycles. The second-order valence-electron chi connectivity index (χ2n) is 7.97. The lowest BCUT2D eigenvalue weighted by molar-refractivity contribution is -0.146. The number of amides is 2. The number of fused-ring (bicyclic) bond motifs is 2. The summed E-state index contributed by atoms with van der Waals surface area (Å²) in [7, 11) is 0. The van der Waals surface area contributed by atoms with Gasteiger partial charge in [-0.1, -0.05) is 42.3 Å². The van der Waals surface area contributed by atoms with Gasteiger partial charge in [0.05, 0.1) is 17.1 Å². The fourth-order valence-electron chi connectivity index (χ4n) is 4.96. The van der Waals surface area contributed by atoms with Crippen LogP contribution >= 0.6 is 11.6 Å². The fourth-order valence-corrected chi connectivity index (χ4v) is 5.09. The molecule has 5 rings (SSSR count). The third-order valence-electron chi connectivity index (χ3n) is 6.55. The van der Waals surface area contributed by atoms with Crippen LogP contribution in [0.1, 0.15) is 31.2 Å². The second kappa shape index (κ2) is 6.31. The predicted molar refractivity (Wildman–Crippen MR) is 105 cm³/mol. The van der Waals surface area contributed by atoms with Gasteiger partial charge in [-0.25, -0.2) is 4.39 Å². The second-order valence-corrected chi connectivity index (χ2v) is 8.40. The molecule has 28 heavy (non-hydrogen) atoms. The highest BCUT2D eigenvalue weighted by Crippen LogP contribution is 2.48. The van der Waals surface area contributed by atoms with Crippen LogP contribution in [0.5, 0.6) is 0 Å². The van der Waals surface area contributed by atoms with Crippen LogP contribution in [0.15, 0.2) is 48.5 Å². The highest BCUT2D eigenvalue weighted by atomic mass is 35.5. The molecule has 0 spiro atoms. The number of rotatable bonds is 3. The summed E-state index contributed by atoms with van der Waals surface area (Å²) in [5.74, 6) is -0.562. The first-order chi connectivity index (χ1) is 13.5. The lowest BCUT2D eigenvalue weighted by atomic mass is 9.63. The van der Waals surface area contributed by atoms with Gasteiger partial charge < -0.3 is 9.80 Å². The molecule has 2 atom stereocenters. The molecule has 1 aliphatic carbocycles. The number of carbonyl (C=O) groups is 2. The maximum Gasteiger partial charge on any atom is 0.250 e. The van der Waals surface area contributed by atoms with Crippen molar-refractivity contribution in [1.82, 2.24) is 4.90 Å². The number of carbonyl (C=O) groups excluding carboxylic acids is 2. The van der Waals surface area contributed by atoms with Crippen LogP contribution in [0.2, 0.25) is 5.02 Å². The van der Waals surface area contributed by atoms with Crippen LogP contribution in [0.25, 0.3) is 0 Å². The van der Waals surface area contributed by atoms with Crippen LogP contribution in [0, 0.1) is 5.82 Å². The van der Waals surface area contributed by atoms with Crippen LogP contribution in [0.3, 0.4) is 0 Å². The Hall–Kier alpha value is -2.40. The van der Waals surface area contributed by atoms with E-state index in [1.165, 1.54) is 6.07 Å². The highest BCUT2D eigenvalue weighted by Gasteiger charge is 2.57. The van der Waals surface area contributed by atoms with Gasteiger partial charge in [0, 0.05) is 11.6 Å². The number of anilines is 1. The Morgan fingerprint density at radius 2 is 1.82 bits per heavy atom. The molecule has 0 unspecified atom stereocenters. The summed E-state index contributed by atoms with van der Waals surface area (Å²) < 4.78 is 14.2. The van der Waals surface area contributed by atoms with Gasteiger partial charge in [-0.2, -0.15) is 0 Å². The first-order valence-corrected chi connectivity index (χ1v) is 10.0. The summed E-state index contributed by atoms with van der Waals surface area (Å²) in [5.41, 5.74) is 0.718. The lowest BCUT2D eigenvalue weighted by Crippen LogP contribution is -2.59. The van der Waals surface area contributed by atoms with Crippen molar-refractivity contribution in [2.75, 3.05) is 11.4 Å². The number of likely N-dealkylation sites (tertiary alicyclic amines) is 1. The van der Waals surface area contributed by atoms with Gasteiger partial charge in [-0.3, -0.25) is 9.59 Å². The maximum atomic E-state index is 14.2. The Kier molecular flexibility index (Phi) is 3.98. The Bertz CT molecular complexity index is 957. The molecule has 2 aromatic carbocycles. The summed E-state index contributed by atoms with van der Waals surface area (Å²) in [4.78, 5) is 29.8. The fraction of sp³-hybridized carbons (Fsp3) is 0.364. The largest absolute Gasteiger partial charge is 0.328 e. The van der Waals surface area contributed by atoms with E-state index < -0.39 is 17.3 Å². The van der Waals surface area contributed by atoms with E-state index in [-0.39, 0.29) is 17.9 Å². The number of hydrogen-bond donors (Lipinski definition) is 0. The zero-order valence-corrected chi connectivity index (χ0v) is 16.0. The van der Waals surface area contributed by atoms with Crippen molar-refractivity contribution in [3.8, 4) is 0 Å². The van der Waals surface area contributed by atoms with Crippen molar-refractivity contribution in [1.29, 1.82) is 0 Å². The van der Waals surface area contributed by atoms with Crippen LogP contribution < -0.4 is 4.90 Å². The topological polar surface area (TPSA) is 40.6 Å². The highest BCUT2D eigenvalue weighted by molar-refractivity contribution is 6.30. The quantitative estimate of drug-likeness (QED) is 0.786. The molecule has 0 radical (unpaired) electrons. The van der Waals surface area contributed by atoms with Crippen LogP contribution in [-0.4, -0.2) is 35.3 Å². The number of benzene rings is 2. The number of para-hydroxylation sites is 1. The molecule has 2 bridgehead atoms. The van der Waals surface area contributed by atoms with E-state index in [0.29, 0.717) is 23.7 Å². The van der Waals surface area contributed by atoms with Crippen molar-refractivity contribution in [2.24, 2.45) is 0 Å². The summed E-state index contributed by atoms with van der Waals surface area (Å²) in [6.07, 6.45) is 3.13. The zero-order chi connectivity index (χ0) is 19.5. The molecule has 4 nitrogen and oxygen atoms in total. The van der Waals surface area contributed by atoms with Gasteiger partial charge >= 0.3 is 0 Å². The van der Waals surface area contributed by atoms with E-state index in [1.54, 1.807) is 28.0 Å². The van der Waals surface area contributed by atoms with Gasteiger partial charge in [-0.15, -0.1) is 0 Å². The van der Waals surface area contributed by atoms with E-state index in [4.69, 9.17) is 11.6 Å². The molecule has 3 aliphatic rings. The smallest absolute Gasteiger partial charge is 0.250 e. The molecule has 1 saturated carbocycles. The number of halogens is 2. The Morgan fingerprint density at radius 1 is 1.11 bits per heavy atom. The average molecular weight is 399 g/mol. The summed E-state index contributed by atoms with van der Waals surface area (Å²) in [6.45, 7) is 0.457. The summed E-state index contributed by atoms with van der Waals surface area (Å²) in [6, 6.07) is 13.1. The molecule has 2 saturated heterocycles. The van der Waals surface area contributed by atoms with E-state index in [0.717, 1.165) is 24.8 Å². The molecule has 6 heteroatoms. The molecule has 0 N–H and O–H groups in total. The zero-order valence-electron chi connectivity index (χ0n) is 15.3. The molecule has 2 amide bonds. The Morgan fingerprint density at radius 3 is 2.43 bits per heavy atom. The number of hydrogen-bond acceptors (Lipinski definition) is 2. The van der Waals surface area contributed by atoms with Crippen molar-refractivity contribution >= 4 is 29.1 Å². The molecule has 2 heterocycles. The maximum absolute atomic E-state index is 14.2. The number of piperazine rings is 1. The van der Waals surface area contributed by atoms with Crippen molar-refractivity contribution in [3.05, 3.63) is 64.9 Å². The first kappa shape index (κ1) is 17.7. The third-order valence-corrected chi connectivity index (χ3v) is 6.80. The van der Waals surface area contributed by atoms with Gasteiger partial charge in [0.15, 0.2) is 0 Å². The minimum atomic E-state index is -0.557. The SMILES string of the molecule is O=C1[C@@H]2C[C@@H](CN2C(=O)C2(c3ccc(Cl)cc3)CCC2)N1c1ccccc1F. The molecule has 144 valence electrons. The van der Waals surface area contributed by atoms with Gasteiger partial charge in [0.1, 0.15) is 11.9 Å². The number of nitrogens with zero attached hydrogens (tertiary/aromatic N) is 2. The first-order valence-electron chi connectivity index (χ1n) is 9.66. The van der Waals surface area contributed by atoms with E-state index in [1.807, 2.05) is 24.3 Å². The van der Waals surface area contributed by atoms with Gasteiger partial charge in [0.2, 0.25) is 11.8 Å². The van der Waals surface area contributed by atoms with Gasteiger partial charge in [0.25, 0.3) is 0 Å². The molecule has 3 fully saturated rings. The van der Waals surface area contributed by atoms with Crippen molar-refractivity contribution < 1.29 is 14.0 Å². The van der Waals surface area contributed by atoms with Crippen LogP contribution in [-0.2, 0) is 15.0 Å².